The van der Waals surface area contributed by atoms with E-state index in [2.05, 4.69) is 36.3 Å². The topological polar surface area (TPSA) is 65.5 Å². The van der Waals surface area contributed by atoms with Gasteiger partial charge in [0.15, 0.2) is 0 Å². The van der Waals surface area contributed by atoms with Crippen molar-refractivity contribution in [3.05, 3.63) is 53.7 Å². The van der Waals surface area contributed by atoms with E-state index in [0.29, 0.717) is 43.5 Å². The molecule has 1 aliphatic heterocycles. The second-order valence-corrected chi connectivity index (χ2v) is 7.13. The van der Waals surface area contributed by atoms with Crippen molar-refractivity contribution in [1.29, 1.82) is 0 Å². The van der Waals surface area contributed by atoms with Crippen molar-refractivity contribution >= 4 is 23.3 Å². The number of rotatable bonds is 4. The maximum Gasteiger partial charge on any atom is 0.255 e. The summed E-state index contributed by atoms with van der Waals surface area (Å²) in [5.41, 5.74) is 2.82. The van der Waals surface area contributed by atoms with E-state index in [1.54, 1.807) is 29.0 Å². The molecule has 3 rings (SSSR count). The van der Waals surface area contributed by atoms with Gasteiger partial charge >= 0.3 is 0 Å². The maximum absolute atomic E-state index is 12.6. The van der Waals surface area contributed by atoms with Crippen molar-refractivity contribution < 1.29 is 9.59 Å². The highest BCUT2D eigenvalue weighted by molar-refractivity contribution is 5.94. The third-order valence-electron chi connectivity index (χ3n) is 4.87. The summed E-state index contributed by atoms with van der Waals surface area (Å²) in [5, 5.41) is 3.25. The van der Waals surface area contributed by atoms with E-state index < -0.39 is 0 Å². The Balaban J connectivity index is 1.60. The molecule has 0 bridgehead atoms. The minimum absolute atomic E-state index is 0.0430. The Bertz CT molecular complexity index is 792. The van der Waals surface area contributed by atoms with E-state index in [1.807, 2.05) is 18.2 Å². The van der Waals surface area contributed by atoms with Crippen LogP contribution < -0.4 is 5.32 Å². The predicted octanol–water partition coefficient (Wildman–Crippen LogP) is 3.25. The average molecular weight is 366 g/mol. The molecule has 1 aromatic carbocycles. The smallest absolute Gasteiger partial charge is 0.255 e. The van der Waals surface area contributed by atoms with E-state index in [0.717, 1.165) is 5.69 Å². The molecule has 0 aliphatic carbocycles. The molecule has 142 valence electrons. The largest absolute Gasteiger partial charge is 0.340 e. The minimum Gasteiger partial charge on any atom is -0.340 e. The van der Waals surface area contributed by atoms with Crippen LogP contribution in [0, 0.1) is 0 Å². The van der Waals surface area contributed by atoms with Crippen LogP contribution in [0.25, 0.3) is 0 Å². The molecule has 0 radical (unpaired) electrons. The predicted molar refractivity (Wildman–Crippen MR) is 106 cm³/mol. The van der Waals surface area contributed by atoms with Gasteiger partial charge in [0.05, 0.1) is 5.56 Å². The van der Waals surface area contributed by atoms with Crippen molar-refractivity contribution in [3.8, 4) is 0 Å². The fourth-order valence-electron chi connectivity index (χ4n) is 3.10. The van der Waals surface area contributed by atoms with Gasteiger partial charge in [0.25, 0.3) is 5.91 Å². The number of anilines is 2. The molecule has 0 unspecified atom stereocenters. The van der Waals surface area contributed by atoms with Gasteiger partial charge in [0.1, 0.15) is 5.82 Å². The molecule has 2 heterocycles. The van der Waals surface area contributed by atoms with Crippen LogP contribution in [0.15, 0.2) is 42.6 Å². The number of hydrogen-bond donors (Lipinski definition) is 1. The molecule has 1 N–H and O–H groups in total. The van der Waals surface area contributed by atoms with Crippen molar-refractivity contribution in [2.75, 3.05) is 31.5 Å². The quantitative estimate of drug-likeness (QED) is 0.902. The summed E-state index contributed by atoms with van der Waals surface area (Å²) in [6.45, 7) is 8.17. The molecule has 1 aromatic heterocycles. The van der Waals surface area contributed by atoms with Crippen LogP contribution in [0.5, 0.6) is 0 Å². The van der Waals surface area contributed by atoms with Crippen molar-refractivity contribution in [2.45, 2.75) is 26.7 Å². The molecule has 6 nitrogen and oxygen atoms in total. The summed E-state index contributed by atoms with van der Waals surface area (Å²) in [7, 11) is 0. The highest BCUT2D eigenvalue weighted by Gasteiger charge is 2.23. The first kappa shape index (κ1) is 18.9. The molecule has 0 saturated carbocycles. The highest BCUT2D eigenvalue weighted by Crippen LogP contribution is 2.20. The van der Waals surface area contributed by atoms with Gasteiger partial charge in [-0.25, -0.2) is 4.98 Å². The molecular formula is C21H26N4O2. The van der Waals surface area contributed by atoms with Gasteiger partial charge < -0.3 is 15.1 Å². The van der Waals surface area contributed by atoms with Crippen LogP contribution >= 0.6 is 0 Å². The van der Waals surface area contributed by atoms with Crippen LogP contribution in [0.3, 0.4) is 0 Å². The number of nitrogens with one attached hydrogen (secondary N) is 1. The molecule has 1 fully saturated rings. The monoisotopic (exact) mass is 366 g/mol. The molecule has 2 amide bonds. The first-order valence-electron chi connectivity index (χ1n) is 9.32. The zero-order valence-electron chi connectivity index (χ0n) is 16.1. The van der Waals surface area contributed by atoms with E-state index in [4.69, 9.17) is 0 Å². The number of nitrogens with zero attached hydrogens (tertiary/aromatic N) is 3. The van der Waals surface area contributed by atoms with Gasteiger partial charge in [-0.2, -0.15) is 0 Å². The van der Waals surface area contributed by atoms with Gasteiger partial charge in [-0.15, -0.1) is 0 Å². The zero-order chi connectivity index (χ0) is 19.4. The Morgan fingerprint density at radius 3 is 2.11 bits per heavy atom. The lowest BCUT2D eigenvalue weighted by Gasteiger charge is -2.34. The molecule has 2 aromatic rings. The average Bonchev–Trinajstić information content (AvgIpc) is 2.68. The van der Waals surface area contributed by atoms with E-state index in [9.17, 15) is 9.59 Å². The number of amides is 2. The number of hydrogen-bond acceptors (Lipinski definition) is 4. The molecular weight excluding hydrogens is 340 g/mol. The molecule has 0 spiro atoms. The van der Waals surface area contributed by atoms with Crippen molar-refractivity contribution in [1.82, 2.24) is 14.8 Å². The van der Waals surface area contributed by atoms with Crippen LogP contribution in [0.2, 0.25) is 0 Å². The first-order valence-corrected chi connectivity index (χ1v) is 9.32. The lowest BCUT2D eigenvalue weighted by molar-refractivity contribution is -0.130. The second-order valence-electron chi connectivity index (χ2n) is 7.13. The molecule has 6 heteroatoms. The van der Waals surface area contributed by atoms with Crippen molar-refractivity contribution in [2.24, 2.45) is 0 Å². The first-order chi connectivity index (χ1) is 12.9. The van der Waals surface area contributed by atoms with Gasteiger partial charge in [-0.1, -0.05) is 26.0 Å². The Morgan fingerprint density at radius 1 is 0.963 bits per heavy atom. The number of aromatic nitrogens is 1. The van der Waals surface area contributed by atoms with Crippen LogP contribution in [-0.2, 0) is 4.79 Å². The fourth-order valence-corrected chi connectivity index (χ4v) is 3.10. The lowest BCUT2D eigenvalue weighted by Crippen LogP contribution is -2.50. The molecule has 1 saturated heterocycles. The lowest BCUT2D eigenvalue weighted by atomic mass is 10.0. The number of pyridine rings is 1. The van der Waals surface area contributed by atoms with Gasteiger partial charge in [-0.05, 0) is 35.7 Å². The van der Waals surface area contributed by atoms with Gasteiger partial charge in [0.2, 0.25) is 5.91 Å². The minimum atomic E-state index is -0.0430. The second kappa shape index (κ2) is 8.20. The molecule has 1 aliphatic rings. The third-order valence-corrected chi connectivity index (χ3v) is 4.87. The SMILES string of the molecule is CC(=O)N1CCN(C(=O)c2ccc(Nc3ccc(C(C)C)cc3)nc2)CC1. The van der Waals surface area contributed by atoms with Crippen LogP contribution in [-0.4, -0.2) is 52.8 Å². The number of benzene rings is 1. The summed E-state index contributed by atoms with van der Waals surface area (Å²) in [6.07, 6.45) is 1.60. The summed E-state index contributed by atoms with van der Waals surface area (Å²) in [5.74, 6) is 1.21. The van der Waals surface area contributed by atoms with E-state index in [1.165, 1.54) is 5.56 Å². The van der Waals surface area contributed by atoms with Crippen LogP contribution in [0.1, 0.15) is 42.6 Å². The highest BCUT2D eigenvalue weighted by atomic mass is 16.2. The Hall–Kier alpha value is -2.89. The number of carbonyl (C=O) groups excluding carboxylic acids is 2. The van der Waals surface area contributed by atoms with Crippen molar-refractivity contribution in [3.63, 3.8) is 0 Å². The molecule has 27 heavy (non-hydrogen) atoms. The fraction of sp³-hybridized carbons (Fsp3) is 0.381. The van der Waals surface area contributed by atoms with Gasteiger partial charge in [-0.3, -0.25) is 9.59 Å². The van der Waals surface area contributed by atoms with Gasteiger partial charge in [0, 0.05) is 45.0 Å². The van der Waals surface area contributed by atoms with Crippen LogP contribution in [0.4, 0.5) is 11.5 Å². The number of piperazine rings is 1. The Morgan fingerprint density at radius 2 is 1.59 bits per heavy atom. The third kappa shape index (κ3) is 4.64. The maximum atomic E-state index is 12.6. The standard InChI is InChI=1S/C21H26N4O2/c1-15(2)17-4-7-19(8-5-17)23-20-9-6-18(14-22-20)21(27)25-12-10-24(11-13-25)16(3)26/h4-9,14-15H,10-13H2,1-3H3,(H,22,23). The zero-order valence-corrected chi connectivity index (χ0v) is 16.1. The summed E-state index contributed by atoms with van der Waals surface area (Å²) >= 11 is 0. The summed E-state index contributed by atoms with van der Waals surface area (Å²) in [4.78, 5) is 31.9. The van der Waals surface area contributed by atoms with E-state index in [-0.39, 0.29) is 11.8 Å². The Labute approximate surface area is 160 Å². The summed E-state index contributed by atoms with van der Waals surface area (Å²) < 4.78 is 0. The molecule has 0 atom stereocenters. The summed E-state index contributed by atoms with van der Waals surface area (Å²) in [6, 6.07) is 11.9. The van der Waals surface area contributed by atoms with E-state index >= 15 is 0 Å². The number of carbonyl (C=O) groups is 2. The normalized spacial score (nSPS) is 14.4. The Kier molecular flexibility index (Phi) is 5.74.